The van der Waals surface area contributed by atoms with Crippen molar-refractivity contribution in [2.24, 2.45) is 5.92 Å². The number of hydrogen-bond acceptors (Lipinski definition) is 3. The smallest absolute Gasteiger partial charge is 0.211 e. The monoisotopic (exact) mass is 271 g/mol. The van der Waals surface area contributed by atoms with Gasteiger partial charge in [-0.25, -0.2) is 0 Å². The summed E-state index contributed by atoms with van der Waals surface area (Å²) in [6.07, 6.45) is 3.72. The Bertz CT molecular complexity index is 565. The lowest BCUT2D eigenvalue weighted by atomic mass is 10.2. The highest BCUT2D eigenvalue weighted by atomic mass is 16.3. The number of ketones is 1. The predicted molar refractivity (Wildman–Crippen MR) is 80.0 cm³/mol. The Balaban J connectivity index is 1.69. The molecule has 0 bridgehead atoms. The van der Waals surface area contributed by atoms with Crippen LogP contribution in [-0.2, 0) is 0 Å². The summed E-state index contributed by atoms with van der Waals surface area (Å²) in [7, 11) is 0. The molecule has 106 valence electrons. The number of nitrogens with zero attached hydrogens (tertiary/aromatic N) is 1. The molecule has 1 saturated carbocycles. The van der Waals surface area contributed by atoms with Crippen molar-refractivity contribution < 1.29 is 9.21 Å². The van der Waals surface area contributed by atoms with Gasteiger partial charge < -0.3 is 4.42 Å². The maximum absolute atomic E-state index is 12.4. The maximum atomic E-state index is 12.4. The van der Waals surface area contributed by atoms with Gasteiger partial charge in [0.2, 0.25) is 5.78 Å². The average Bonchev–Trinajstić information content (AvgIpc) is 3.14. The van der Waals surface area contributed by atoms with Crippen molar-refractivity contribution in [3.05, 3.63) is 36.1 Å². The lowest BCUT2D eigenvalue weighted by Crippen LogP contribution is -2.32. The molecule has 3 nitrogen and oxygen atoms in total. The van der Waals surface area contributed by atoms with Crippen molar-refractivity contribution in [3.8, 4) is 0 Å². The number of fused-ring (bicyclic) bond motifs is 1. The quantitative estimate of drug-likeness (QED) is 0.719. The van der Waals surface area contributed by atoms with Crippen LogP contribution in [0.4, 0.5) is 0 Å². The van der Waals surface area contributed by atoms with E-state index in [1.54, 1.807) is 0 Å². The molecule has 0 aliphatic heterocycles. The molecule has 1 aliphatic rings. The van der Waals surface area contributed by atoms with Crippen LogP contribution in [0, 0.1) is 5.92 Å². The highest BCUT2D eigenvalue weighted by Crippen LogP contribution is 2.30. The molecule has 1 fully saturated rings. The Morgan fingerprint density at radius 1 is 1.35 bits per heavy atom. The summed E-state index contributed by atoms with van der Waals surface area (Å²) in [5.74, 6) is 1.39. The van der Waals surface area contributed by atoms with Gasteiger partial charge in [0.15, 0.2) is 5.76 Å². The Labute approximate surface area is 119 Å². The van der Waals surface area contributed by atoms with Crippen LogP contribution in [-0.4, -0.2) is 30.3 Å². The third-order valence-corrected chi connectivity index (χ3v) is 3.82. The van der Waals surface area contributed by atoms with Crippen molar-refractivity contribution in [1.29, 1.82) is 0 Å². The van der Waals surface area contributed by atoms with Crippen LogP contribution in [0.1, 0.15) is 36.7 Å². The van der Waals surface area contributed by atoms with Gasteiger partial charge >= 0.3 is 0 Å². The zero-order chi connectivity index (χ0) is 13.9. The molecule has 0 saturated heterocycles. The van der Waals surface area contributed by atoms with E-state index in [2.05, 4.69) is 11.8 Å². The van der Waals surface area contributed by atoms with Gasteiger partial charge in [0, 0.05) is 11.9 Å². The molecule has 1 heterocycles. The van der Waals surface area contributed by atoms with Crippen LogP contribution in [0.5, 0.6) is 0 Å². The molecule has 1 aromatic heterocycles. The van der Waals surface area contributed by atoms with Crippen molar-refractivity contribution in [2.75, 3.05) is 19.6 Å². The Hall–Kier alpha value is -1.61. The Morgan fingerprint density at radius 3 is 2.85 bits per heavy atom. The summed E-state index contributed by atoms with van der Waals surface area (Å²) in [4.78, 5) is 14.6. The van der Waals surface area contributed by atoms with Crippen LogP contribution in [0.2, 0.25) is 0 Å². The van der Waals surface area contributed by atoms with Gasteiger partial charge in [-0.05, 0) is 43.9 Å². The van der Waals surface area contributed by atoms with E-state index in [1.165, 1.54) is 12.8 Å². The number of furan rings is 1. The molecule has 1 aromatic carbocycles. The SMILES string of the molecule is CCCN(CC(=O)c1cc2ccccc2o1)CC1CC1. The third-order valence-electron chi connectivity index (χ3n) is 3.82. The Kier molecular flexibility index (Phi) is 3.88. The van der Waals surface area contributed by atoms with E-state index in [4.69, 9.17) is 4.42 Å². The fraction of sp³-hybridized carbons (Fsp3) is 0.471. The molecule has 3 rings (SSSR count). The topological polar surface area (TPSA) is 33.5 Å². The fourth-order valence-corrected chi connectivity index (χ4v) is 2.62. The van der Waals surface area contributed by atoms with Crippen LogP contribution in [0.15, 0.2) is 34.7 Å². The minimum absolute atomic E-state index is 0.0929. The molecule has 20 heavy (non-hydrogen) atoms. The van der Waals surface area contributed by atoms with Crippen molar-refractivity contribution in [1.82, 2.24) is 4.90 Å². The molecule has 1 aliphatic carbocycles. The van der Waals surface area contributed by atoms with Crippen LogP contribution in [0.3, 0.4) is 0 Å². The first kappa shape index (κ1) is 13.4. The molecule has 0 atom stereocenters. The first-order valence-corrected chi connectivity index (χ1v) is 7.50. The van der Waals surface area contributed by atoms with Gasteiger partial charge in [0.05, 0.1) is 6.54 Å². The maximum Gasteiger partial charge on any atom is 0.211 e. The summed E-state index contributed by atoms with van der Waals surface area (Å²) in [6, 6.07) is 9.63. The van der Waals surface area contributed by atoms with Gasteiger partial charge in [-0.1, -0.05) is 25.1 Å². The van der Waals surface area contributed by atoms with Crippen LogP contribution in [0.25, 0.3) is 11.0 Å². The first-order valence-electron chi connectivity index (χ1n) is 7.50. The van der Waals surface area contributed by atoms with Crippen LogP contribution < -0.4 is 0 Å². The summed E-state index contributed by atoms with van der Waals surface area (Å²) < 4.78 is 5.65. The molecule has 0 spiro atoms. The van der Waals surface area contributed by atoms with Gasteiger partial charge in [-0.15, -0.1) is 0 Å². The second-order valence-corrected chi connectivity index (χ2v) is 5.75. The van der Waals surface area contributed by atoms with Gasteiger partial charge in [0.25, 0.3) is 0 Å². The van der Waals surface area contributed by atoms with Gasteiger partial charge in [-0.2, -0.15) is 0 Å². The first-order chi connectivity index (χ1) is 9.76. The average molecular weight is 271 g/mol. The van der Waals surface area contributed by atoms with E-state index in [-0.39, 0.29) is 5.78 Å². The number of hydrogen-bond donors (Lipinski definition) is 0. The highest BCUT2D eigenvalue weighted by Gasteiger charge is 2.25. The van der Waals surface area contributed by atoms with E-state index < -0.39 is 0 Å². The van der Waals surface area contributed by atoms with E-state index in [9.17, 15) is 4.79 Å². The molecular formula is C17H21NO2. The second-order valence-electron chi connectivity index (χ2n) is 5.75. The lowest BCUT2D eigenvalue weighted by molar-refractivity contribution is 0.0902. The number of carbonyl (C=O) groups excluding carboxylic acids is 1. The lowest BCUT2D eigenvalue weighted by Gasteiger charge is -2.19. The predicted octanol–water partition coefficient (Wildman–Crippen LogP) is 3.74. The minimum atomic E-state index is 0.0929. The summed E-state index contributed by atoms with van der Waals surface area (Å²) in [5.41, 5.74) is 0.792. The van der Waals surface area contributed by atoms with Crippen molar-refractivity contribution in [2.45, 2.75) is 26.2 Å². The zero-order valence-electron chi connectivity index (χ0n) is 12.0. The van der Waals surface area contributed by atoms with Crippen molar-refractivity contribution >= 4 is 16.8 Å². The largest absolute Gasteiger partial charge is 0.453 e. The van der Waals surface area contributed by atoms with Gasteiger partial charge in [-0.3, -0.25) is 9.69 Å². The fourth-order valence-electron chi connectivity index (χ4n) is 2.62. The molecule has 0 N–H and O–H groups in total. The minimum Gasteiger partial charge on any atom is -0.453 e. The van der Waals surface area contributed by atoms with Gasteiger partial charge in [0.1, 0.15) is 5.58 Å². The summed E-state index contributed by atoms with van der Waals surface area (Å²) in [5, 5.41) is 1.00. The molecule has 0 amide bonds. The van der Waals surface area contributed by atoms with Crippen LogP contribution >= 0.6 is 0 Å². The summed E-state index contributed by atoms with van der Waals surface area (Å²) >= 11 is 0. The van der Waals surface area contributed by atoms with E-state index in [1.807, 2.05) is 30.3 Å². The number of rotatable bonds is 7. The zero-order valence-corrected chi connectivity index (χ0v) is 12.0. The molecule has 2 aromatic rings. The molecule has 0 unspecified atom stereocenters. The second kappa shape index (κ2) is 5.80. The summed E-state index contributed by atoms with van der Waals surface area (Å²) in [6.45, 7) is 4.68. The van der Waals surface area contributed by atoms with Crippen molar-refractivity contribution in [3.63, 3.8) is 0 Å². The third kappa shape index (κ3) is 3.10. The van der Waals surface area contributed by atoms with E-state index in [0.717, 1.165) is 36.4 Å². The number of Topliss-reactive ketones (excluding diaryl/α,β-unsaturated/α-hetero) is 1. The number of benzene rings is 1. The van der Waals surface area contributed by atoms with E-state index >= 15 is 0 Å². The molecular weight excluding hydrogens is 250 g/mol. The standard InChI is InChI=1S/C17H21NO2/c1-2-9-18(11-13-7-8-13)12-15(19)17-10-14-5-3-4-6-16(14)20-17/h3-6,10,13H,2,7-9,11-12H2,1H3. The normalized spacial score (nSPS) is 15.1. The molecule has 3 heteroatoms. The van der Waals surface area contributed by atoms with E-state index in [0.29, 0.717) is 12.3 Å². The Morgan fingerprint density at radius 2 is 2.15 bits per heavy atom. The molecule has 0 radical (unpaired) electrons. The number of para-hydroxylation sites is 1. The number of carbonyl (C=O) groups is 1. The highest BCUT2D eigenvalue weighted by molar-refractivity contribution is 5.98.